The van der Waals surface area contributed by atoms with E-state index in [1.807, 2.05) is 14.1 Å². The van der Waals surface area contributed by atoms with Gasteiger partial charge in [-0.05, 0) is 32.4 Å². The van der Waals surface area contributed by atoms with Gasteiger partial charge in [0.05, 0.1) is 26.3 Å². The maximum atomic E-state index is 13.3. The van der Waals surface area contributed by atoms with Gasteiger partial charge in [0, 0.05) is 38.2 Å². The molecule has 0 saturated carbocycles. The monoisotopic (exact) mass is 480 g/mol. The second kappa shape index (κ2) is 11.4. The summed E-state index contributed by atoms with van der Waals surface area (Å²) in [5, 5.41) is 14.9. The van der Waals surface area contributed by atoms with Gasteiger partial charge in [0.1, 0.15) is 5.56 Å². The topological polar surface area (TPSA) is 123 Å². The molecule has 0 unspecified atom stereocenters. The van der Waals surface area contributed by atoms with E-state index >= 15 is 0 Å². The molecule has 1 fully saturated rings. The molecule has 0 spiro atoms. The largest absolute Gasteiger partial charge is 0.493 e. The molecule has 2 rings (SSSR count). The first-order valence-corrected chi connectivity index (χ1v) is 11.1. The quantitative estimate of drug-likeness (QED) is 0.399. The summed E-state index contributed by atoms with van der Waals surface area (Å²) >= 11 is 0. The van der Waals surface area contributed by atoms with Gasteiger partial charge in [0.15, 0.2) is 5.75 Å². The standard InChI is InChI=1S/C23H36N4O7/c1-23(2,14-25(3)4)13-24-21(28)15-8-10-26(11-9-15)22(29)16-12-17(32-5)19(33-6)20(34-7)18(16)27(30)31/h12,15H,8-11,13-14H2,1-7H3,(H,24,28). The second-order valence-corrected chi connectivity index (χ2v) is 9.48. The number of carbonyl (C=O) groups excluding carboxylic acids is 2. The number of nitro groups is 1. The number of amides is 2. The third kappa shape index (κ3) is 6.28. The van der Waals surface area contributed by atoms with Gasteiger partial charge in [-0.1, -0.05) is 13.8 Å². The van der Waals surface area contributed by atoms with Crippen LogP contribution in [0.3, 0.4) is 0 Å². The van der Waals surface area contributed by atoms with Crippen molar-refractivity contribution < 1.29 is 28.7 Å². The molecule has 11 nitrogen and oxygen atoms in total. The van der Waals surface area contributed by atoms with Crippen LogP contribution in [-0.2, 0) is 4.79 Å². The third-order valence-electron chi connectivity index (χ3n) is 5.86. The minimum Gasteiger partial charge on any atom is -0.493 e. The Morgan fingerprint density at radius 2 is 1.74 bits per heavy atom. The number of nitrogens with zero attached hydrogens (tertiary/aromatic N) is 3. The maximum Gasteiger partial charge on any atom is 0.327 e. The number of likely N-dealkylation sites (tertiary alicyclic amines) is 1. The van der Waals surface area contributed by atoms with E-state index in [0.29, 0.717) is 32.5 Å². The minimum atomic E-state index is -0.663. The summed E-state index contributed by atoms with van der Waals surface area (Å²) in [7, 11) is 7.97. The average molecular weight is 481 g/mol. The lowest BCUT2D eigenvalue weighted by molar-refractivity contribution is -0.386. The van der Waals surface area contributed by atoms with Gasteiger partial charge in [-0.3, -0.25) is 19.7 Å². The number of hydrogen-bond donors (Lipinski definition) is 1. The van der Waals surface area contributed by atoms with Crippen LogP contribution in [0, 0.1) is 21.4 Å². The fourth-order valence-corrected chi connectivity index (χ4v) is 4.38. The van der Waals surface area contributed by atoms with Crippen molar-refractivity contribution in [3.63, 3.8) is 0 Å². The number of carbonyl (C=O) groups is 2. The van der Waals surface area contributed by atoms with Crippen molar-refractivity contribution in [3.05, 3.63) is 21.7 Å². The van der Waals surface area contributed by atoms with Crippen molar-refractivity contribution in [1.29, 1.82) is 0 Å². The van der Waals surface area contributed by atoms with E-state index in [1.54, 1.807) is 0 Å². The van der Waals surface area contributed by atoms with Crippen molar-refractivity contribution in [2.75, 3.05) is 61.6 Å². The summed E-state index contributed by atoms with van der Waals surface area (Å²) in [5.74, 6) is -0.739. The second-order valence-electron chi connectivity index (χ2n) is 9.48. The van der Waals surface area contributed by atoms with Crippen LogP contribution in [-0.4, -0.2) is 88.1 Å². The number of nitrogens with one attached hydrogen (secondary N) is 1. The number of ether oxygens (including phenoxy) is 3. The molecule has 0 aromatic heterocycles. The van der Waals surface area contributed by atoms with Gasteiger partial charge < -0.3 is 29.3 Å². The molecule has 2 amide bonds. The molecular formula is C23H36N4O7. The molecule has 1 saturated heterocycles. The van der Waals surface area contributed by atoms with Crippen molar-refractivity contribution >= 4 is 17.5 Å². The summed E-state index contributed by atoms with van der Waals surface area (Å²) < 4.78 is 15.7. The van der Waals surface area contributed by atoms with Crippen molar-refractivity contribution in [1.82, 2.24) is 15.1 Å². The molecule has 0 bridgehead atoms. The summed E-state index contributed by atoms with van der Waals surface area (Å²) in [6, 6.07) is 1.30. The first kappa shape index (κ1) is 27.2. The zero-order chi connectivity index (χ0) is 25.6. The highest BCUT2D eigenvalue weighted by atomic mass is 16.6. The molecule has 1 aliphatic heterocycles. The molecular weight excluding hydrogens is 444 g/mol. The van der Waals surface area contributed by atoms with Gasteiger partial charge in [0.2, 0.25) is 17.4 Å². The van der Waals surface area contributed by atoms with Crippen molar-refractivity contribution in [2.45, 2.75) is 26.7 Å². The van der Waals surface area contributed by atoms with Crippen LogP contribution in [0.4, 0.5) is 5.69 Å². The predicted molar refractivity (Wildman–Crippen MR) is 127 cm³/mol. The summed E-state index contributed by atoms with van der Waals surface area (Å²) in [6.45, 7) is 6.21. The third-order valence-corrected chi connectivity index (χ3v) is 5.86. The first-order valence-electron chi connectivity index (χ1n) is 11.1. The Labute approximate surface area is 200 Å². The Kier molecular flexibility index (Phi) is 9.08. The molecule has 1 N–H and O–H groups in total. The number of hydrogen-bond acceptors (Lipinski definition) is 8. The van der Waals surface area contributed by atoms with Gasteiger partial charge >= 0.3 is 5.69 Å². The van der Waals surface area contributed by atoms with E-state index in [4.69, 9.17) is 14.2 Å². The highest BCUT2D eigenvalue weighted by molar-refractivity contribution is 6.00. The maximum absolute atomic E-state index is 13.3. The lowest BCUT2D eigenvalue weighted by Gasteiger charge is -2.33. The van der Waals surface area contributed by atoms with E-state index < -0.39 is 16.5 Å². The van der Waals surface area contributed by atoms with Gasteiger partial charge in [-0.15, -0.1) is 0 Å². The Hall–Kier alpha value is -3.08. The van der Waals surface area contributed by atoms with E-state index in [1.165, 1.54) is 32.3 Å². The fraction of sp³-hybridized carbons (Fsp3) is 0.652. The molecule has 1 heterocycles. The summed E-state index contributed by atoms with van der Waals surface area (Å²) in [5.41, 5.74) is -0.692. The number of piperidine rings is 1. The van der Waals surface area contributed by atoms with Crippen molar-refractivity contribution in [3.8, 4) is 17.2 Å². The lowest BCUT2D eigenvalue weighted by Crippen LogP contribution is -2.46. The normalized spacial score (nSPS) is 14.6. The summed E-state index contributed by atoms with van der Waals surface area (Å²) in [6.07, 6.45) is 0.952. The Morgan fingerprint density at radius 3 is 2.21 bits per heavy atom. The Morgan fingerprint density at radius 1 is 1.15 bits per heavy atom. The molecule has 1 aliphatic rings. The Bertz CT molecular complexity index is 909. The number of rotatable bonds is 10. The number of nitro benzene ring substituents is 1. The van der Waals surface area contributed by atoms with E-state index in [-0.39, 0.29) is 40.1 Å². The van der Waals surface area contributed by atoms with Gasteiger partial charge in [-0.2, -0.15) is 0 Å². The lowest BCUT2D eigenvalue weighted by atomic mass is 9.91. The molecule has 11 heteroatoms. The predicted octanol–water partition coefficient (Wildman–Crippen LogP) is 2.18. The number of benzene rings is 1. The highest BCUT2D eigenvalue weighted by Crippen LogP contribution is 2.46. The SMILES string of the molecule is COc1cc(C(=O)N2CCC(C(=O)NCC(C)(C)CN(C)C)CC2)c([N+](=O)[O-])c(OC)c1OC. The van der Waals surface area contributed by atoms with E-state index in [2.05, 4.69) is 24.1 Å². The summed E-state index contributed by atoms with van der Waals surface area (Å²) in [4.78, 5) is 40.7. The smallest absolute Gasteiger partial charge is 0.327 e. The van der Waals surface area contributed by atoms with Crippen LogP contribution in [0.1, 0.15) is 37.0 Å². The zero-order valence-corrected chi connectivity index (χ0v) is 21.1. The molecule has 1 aromatic carbocycles. The minimum absolute atomic E-state index is 0.0299. The molecule has 0 radical (unpaired) electrons. The molecule has 0 atom stereocenters. The zero-order valence-electron chi connectivity index (χ0n) is 21.1. The van der Waals surface area contributed by atoms with Crippen molar-refractivity contribution in [2.24, 2.45) is 11.3 Å². The van der Waals surface area contributed by atoms with Crippen LogP contribution in [0.5, 0.6) is 17.2 Å². The van der Waals surface area contributed by atoms with Crippen LogP contribution < -0.4 is 19.5 Å². The van der Waals surface area contributed by atoms with E-state index in [0.717, 1.165) is 6.54 Å². The highest BCUT2D eigenvalue weighted by Gasteiger charge is 2.36. The molecule has 190 valence electrons. The number of methoxy groups -OCH3 is 3. The average Bonchev–Trinajstić information content (AvgIpc) is 2.79. The molecule has 34 heavy (non-hydrogen) atoms. The van der Waals surface area contributed by atoms with Gasteiger partial charge in [0.25, 0.3) is 5.91 Å². The fourth-order valence-electron chi connectivity index (χ4n) is 4.38. The van der Waals surface area contributed by atoms with Crippen LogP contribution in [0.15, 0.2) is 6.07 Å². The van der Waals surface area contributed by atoms with Crippen LogP contribution >= 0.6 is 0 Å². The van der Waals surface area contributed by atoms with Gasteiger partial charge in [-0.25, -0.2) is 0 Å². The Balaban J connectivity index is 2.14. The van der Waals surface area contributed by atoms with Crippen LogP contribution in [0.2, 0.25) is 0 Å². The molecule has 0 aliphatic carbocycles. The molecule has 1 aromatic rings. The first-order chi connectivity index (χ1) is 15.9. The van der Waals surface area contributed by atoms with Crippen LogP contribution in [0.25, 0.3) is 0 Å². The van der Waals surface area contributed by atoms with E-state index in [9.17, 15) is 19.7 Å².